The fraction of sp³-hybridized carbons (Fsp3) is 0.676. The Hall–Kier alpha value is -8.20. The SMILES string of the molecule is CC[C@H](C)[C@@H]1NC(=O)[C@H](CC(C)C)N(C)C(=O)C[C@@H](C(=O)N2CCCCC2)N(C)C(=O)[C@H]([C@@H](C)CC)N(C)C(=O)C2(CCCC2)NC(=O)[C@@H]2CCCN2C(=O)[C@H](CCc2ccc(C(F)(F)F)c(F)c2)NC(=O)CN(C)C(=O)[C@H](Cc2ccc(C)cc2)N(C)C(=O)[C@@H]2CCN2C(=O)[C@H](C)N(C)C1=O. The zero-order chi connectivity index (χ0) is 75.6. The molecule has 3 N–H and O–H groups in total. The van der Waals surface area contributed by atoms with E-state index in [9.17, 15) is 41.9 Å². The number of rotatable bonds is 12. The molecule has 24 nitrogen and oxygen atoms in total. The summed E-state index contributed by atoms with van der Waals surface area (Å²) in [6.45, 7) is 14.3. The molecule has 2 aromatic carbocycles. The van der Waals surface area contributed by atoms with Crippen LogP contribution in [0.25, 0.3) is 0 Å². The lowest BCUT2D eigenvalue weighted by Gasteiger charge is -2.45. The molecule has 4 saturated heterocycles. The number of likely N-dealkylation sites (tertiary alicyclic amines) is 1. The molecule has 0 bridgehead atoms. The summed E-state index contributed by atoms with van der Waals surface area (Å²) < 4.78 is 56.3. The van der Waals surface area contributed by atoms with E-state index in [1.165, 1.54) is 83.5 Å². The van der Waals surface area contributed by atoms with Gasteiger partial charge in [-0.2, -0.15) is 13.2 Å². The second-order valence-corrected chi connectivity index (χ2v) is 29.6. The minimum Gasteiger partial charge on any atom is -0.343 e. The summed E-state index contributed by atoms with van der Waals surface area (Å²) in [5.74, 6) is -11.0. The van der Waals surface area contributed by atoms with Gasteiger partial charge in [-0.25, -0.2) is 4.39 Å². The van der Waals surface area contributed by atoms with E-state index in [0.29, 0.717) is 69.3 Å². The molecule has 102 heavy (non-hydrogen) atoms. The van der Waals surface area contributed by atoms with E-state index in [-0.39, 0.29) is 82.4 Å². The number of amides is 12. The van der Waals surface area contributed by atoms with Crippen molar-refractivity contribution in [3.63, 3.8) is 0 Å². The van der Waals surface area contributed by atoms with Crippen LogP contribution in [0.2, 0.25) is 0 Å². The molecular formula is C74H108F4N12O12. The number of hydrogen-bond donors (Lipinski definition) is 3. The van der Waals surface area contributed by atoms with Gasteiger partial charge in [-0.05, 0) is 125 Å². The molecule has 4 heterocycles. The average molecular weight is 1430 g/mol. The van der Waals surface area contributed by atoms with Gasteiger partial charge in [-0.3, -0.25) is 57.5 Å². The summed E-state index contributed by atoms with van der Waals surface area (Å²) in [4.78, 5) is 192. The third-order valence-electron chi connectivity index (χ3n) is 22.0. The van der Waals surface area contributed by atoms with Crippen LogP contribution in [0.1, 0.15) is 167 Å². The molecule has 564 valence electrons. The van der Waals surface area contributed by atoms with Crippen molar-refractivity contribution >= 4 is 70.9 Å². The van der Waals surface area contributed by atoms with E-state index in [1.54, 1.807) is 30.9 Å². The highest BCUT2D eigenvalue weighted by Gasteiger charge is 2.52. The number of hydrogen-bond acceptors (Lipinski definition) is 12. The number of piperidine rings is 1. The van der Waals surface area contributed by atoms with Crippen molar-refractivity contribution in [3.8, 4) is 0 Å². The Labute approximate surface area is 597 Å². The minimum absolute atomic E-state index is 0.0208. The topological polar surface area (TPSA) is 270 Å². The first-order valence-corrected chi connectivity index (χ1v) is 36.3. The quantitative estimate of drug-likeness (QED) is 0.223. The zero-order valence-electron chi connectivity index (χ0n) is 62.0. The highest BCUT2D eigenvalue weighted by atomic mass is 19.4. The second kappa shape index (κ2) is 34.9. The normalized spacial score (nSPS) is 26.6. The molecule has 1 aliphatic carbocycles. The summed E-state index contributed by atoms with van der Waals surface area (Å²) in [6.07, 6.45) is -1.43. The van der Waals surface area contributed by atoms with Gasteiger partial charge in [0.15, 0.2) is 0 Å². The molecule has 7 rings (SSSR count). The number of fused-ring (bicyclic) bond motifs is 2. The van der Waals surface area contributed by atoms with Gasteiger partial charge in [-0.15, -0.1) is 0 Å². The number of likely N-dealkylation sites (N-methyl/N-ethyl adjacent to an activating group) is 6. The van der Waals surface area contributed by atoms with Gasteiger partial charge in [0.05, 0.1) is 18.5 Å². The largest absolute Gasteiger partial charge is 0.419 e. The van der Waals surface area contributed by atoms with E-state index in [1.807, 2.05) is 46.8 Å². The van der Waals surface area contributed by atoms with Crippen molar-refractivity contribution in [1.82, 2.24) is 60.0 Å². The van der Waals surface area contributed by atoms with Gasteiger partial charge in [0.1, 0.15) is 65.7 Å². The minimum atomic E-state index is -5.01. The van der Waals surface area contributed by atoms with E-state index in [0.717, 1.165) is 23.0 Å². The Morgan fingerprint density at radius 3 is 1.81 bits per heavy atom. The van der Waals surface area contributed by atoms with Crippen LogP contribution in [0.15, 0.2) is 42.5 Å². The molecule has 5 fully saturated rings. The third-order valence-corrected chi connectivity index (χ3v) is 22.0. The number of halogens is 4. The van der Waals surface area contributed by atoms with E-state index in [4.69, 9.17) is 0 Å². The third kappa shape index (κ3) is 18.8. The summed E-state index contributed by atoms with van der Waals surface area (Å²) in [5.41, 5.74) is -1.55. The summed E-state index contributed by atoms with van der Waals surface area (Å²) in [7, 11) is 8.42. The average Bonchev–Trinajstić information content (AvgIpc) is 1.39. The molecular weight excluding hydrogens is 1320 g/mol. The number of nitrogens with one attached hydrogen (secondary N) is 3. The van der Waals surface area contributed by atoms with Crippen molar-refractivity contribution < 1.29 is 75.1 Å². The van der Waals surface area contributed by atoms with Crippen LogP contribution in [0, 0.1) is 30.5 Å². The van der Waals surface area contributed by atoms with Crippen LogP contribution in [0.4, 0.5) is 17.6 Å². The molecule has 2 aromatic rings. The van der Waals surface area contributed by atoms with Crippen LogP contribution >= 0.6 is 0 Å². The van der Waals surface area contributed by atoms with Crippen molar-refractivity contribution in [1.29, 1.82) is 0 Å². The lowest BCUT2D eigenvalue weighted by atomic mass is 9.90. The molecule has 28 heteroatoms. The first-order chi connectivity index (χ1) is 48.0. The standard InChI is InChI=1S/C74H108F4N12O12/c1-15-46(6)61-70(100)83(10)48(8)65(95)90-38-32-55(90)68(98)85(12)57(41-50-26-24-45(5)25-27-50)67(97)82(9)43-59(91)79-53(31-29-49-28-30-51(52(75)40-49)74(76,77)78)66(96)89-37-22-23-54(89)64(94)81-73(33-18-19-34-73)72(102)87(14)62(47(7)16-2)71(101)86(13)58(69(99)88-35-20-17-21-36-88)42-60(92)84(11)56(39-44(3)4)63(93)80-61/h24-28,30,40,44,46-48,53-58,61-62H,15-23,29,31-39,41-43H2,1-14H3,(H,79,91)(H,80,93)(H,81,94)/t46-,47-,48-,53-,54-,55-,56-,57-,58-,61-,62-/m0/s1. The fourth-order valence-electron chi connectivity index (χ4n) is 14.8. The van der Waals surface area contributed by atoms with Gasteiger partial charge >= 0.3 is 6.18 Å². The van der Waals surface area contributed by atoms with E-state index in [2.05, 4.69) is 16.0 Å². The summed E-state index contributed by atoms with van der Waals surface area (Å²) in [6, 6.07) is -2.03. The first kappa shape index (κ1) is 81.1. The Morgan fingerprint density at radius 2 is 1.24 bits per heavy atom. The van der Waals surface area contributed by atoms with E-state index < -0.39 is 173 Å². The highest BCUT2D eigenvalue weighted by Crippen LogP contribution is 2.36. The zero-order valence-corrected chi connectivity index (χ0v) is 62.0. The molecule has 11 atom stereocenters. The van der Waals surface area contributed by atoms with E-state index >= 15 is 33.2 Å². The lowest BCUT2D eigenvalue weighted by molar-refractivity contribution is -0.160. The smallest absolute Gasteiger partial charge is 0.343 e. The molecule has 1 saturated carbocycles. The number of carbonyl (C=O) groups is 12. The summed E-state index contributed by atoms with van der Waals surface area (Å²) >= 11 is 0. The number of aryl methyl sites for hydroxylation is 2. The van der Waals surface area contributed by atoms with Crippen molar-refractivity contribution in [2.24, 2.45) is 17.8 Å². The van der Waals surface area contributed by atoms with Crippen LogP contribution in [-0.2, 0) is 76.6 Å². The van der Waals surface area contributed by atoms with Gasteiger partial charge in [0.25, 0.3) is 0 Å². The number of benzene rings is 2. The van der Waals surface area contributed by atoms with Crippen molar-refractivity contribution in [3.05, 3.63) is 70.5 Å². The number of nitrogens with zero attached hydrogens (tertiary/aromatic N) is 9. The van der Waals surface area contributed by atoms with Crippen molar-refractivity contribution in [2.45, 2.75) is 231 Å². The van der Waals surface area contributed by atoms with Crippen LogP contribution < -0.4 is 16.0 Å². The van der Waals surface area contributed by atoms with Gasteiger partial charge in [0.2, 0.25) is 70.9 Å². The first-order valence-electron chi connectivity index (χ1n) is 36.3. The molecule has 0 aromatic heterocycles. The van der Waals surface area contributed by atoms with Crippen molar-refractivity contribution in [2.75, 3.05) is 75.0 Å². The maximum atomic E-state index is 15.6. The lowest BCUT2D eigenvalue weighted by Crippen LogP contribution is -2.65. The maximum absolute atomic E-state index is 15.6. The Bertz CT molecular complexity index is 3400. The molecule has 12 amide bonds. The predicted octanol–water partition coefficient (Wildman–Crippen LogP) is 5.49. The fourth-order valence-corrected chi connectivity index (χ4v) is 14.8. The maximum Gasteiger partial charge on any atom is 0.419 e. The van der Waals surface area contributed by atoms with Gasteiger partial charge in [0, 0.05) is 74.9 Å². The molecule has 0 radical (unpaired) electrons. The Balaban J connectivity index is 1.30. The summed E-state index contributed by atoms with van der Waals surface area (Å²) in [5, 5.41) is 8.63. The second-order valence-electron chi connectivity index (χ2n) is 29.6. The number of alkyl halides is 3. The number of carbonyl (C=O) groups excluding carboxylic acids is 12. The van der Waals surface area contributed by atoms with Gasteiger partial charge in [-0.1, -0.05) is 103 Å². The molecule has 5 aliphatic rings. The van der Waals surface area contributed by atoms with Gasteiger partial charge < -0.3 is 60.0 Å². The molecule has 4 aliphatic heterocycles. The van der Waals surface area contributed by atoms with Crippen LogP contribution in [-0.4, -0.2) is 250 Å². The predicted molar refractivity (Wildman–Crippen MR) is 372 cm³/mol. The van der Waals surface area contributed by atoms with Crippen LogP contribution in [0.3, 0.4) is 0 Å². The highest BCUT2D eigenvalue weighted by molar-refractivity contribution is 6.01. The van der Waals surface area contributed by atoms with Crippen LogP contribution in [0.5, 0.6) is 0 Å². The monoisotopic (exact) mass is 1430 g/mol. The Morgan fingerprint density at radius 1 is 0.618 bits per heavy atom. The molecule has 1 spiro atoms. The molecule has 0 unspecified atom stereocenters. The Kier molecular flexibility index (Phi) is 27.7.